The van der Waals surface area contributed by atoms with Crippen molar-refractivity contribution in [3.8, 4) is 17.0 Å². The van der Waals surface area contributed by atoms with Crippen LogP contribution in [0.1, 0.15) is 5.56 Å². The van der Waals surface area contributed by atoms with E-state index in [-0.39, 0.29) is 0 Å². The maximum atomic E-state index is 5.40. The highest BCUT2D eigenvalue weighted by Crippen LogP contribution is 2.29. The zero-order valence-electron chi connectivity index (χ0n) is 13.7. The molecule has 0 aliphatic carbocycles. The SMILES string of the molecule is CNc1ccc(-c2cncc(NCc3cccnc3)n2)cc1OC. The molecule has 0 spiro atoms. The lowest BCUT2D eigenvalue weighted by Gasteiger charge is -2.11. The minimum absolute atomic E-state index is 0.647. The van der Waals surface area contributed by atoms with Crippen molar-refractivity contribution in [2.24, 2.45) is 0 Å². The summed E-state index contributed by atoms with van der Waals surface area (Å²) >= 11 is 0. The van der Waals surface area contributed by atoms with Crippen molar-refractivity contribution in [3.63, 3.8) is 0 Å². The average Bonchev–Trinajstić information content (AvgIpc) is 2.67. The normalized spacial score (nSPS) is 10.2. The van der Waals surface area contributed by atoms with Crippen LogP contribution in [0, 0.1) is 0 Å². The van der Waals surface area contributed by atoms with E-state index in [0.29, 0.717) is 12.4 Å². The molecule has 2 aromatic heterocycles. The van der Waals surface area contributed by atoms with E-state index < -0.39 is 0 Å². The number of hydrogen-bond donors (Lipinski definition) is 2. The van der Waals surface area contributed by atoms with Crippen molar-refractivity contribution in [3.05, 3.63) is 60.7 Å². The van der Waals surface area contributed by atoms with Gasteiger partial charge in [-0.15, -0.1) is 0 Å². The van der Waals surface area contributed by atoms with E-state index in [2.05, 4.69) is 25.6 Å². The van der Waals surface area contributed by atoms with E-state index in [1.54, 1.807) is 25.7 Å². The largest absolute Gasteiger partial charge is 0.495 e. The molecule has 0 fully saturated rings. The third-order valence-corrected chi connectivity index (χ3v) is 3.60. The van der Waals surface area contributed by atoms with Gasteiger partial charge in [0, 0.05) is 31.5 Å². The highest BCUT2D eigenvalue weighted by atomic mass is 16.5. The summed E-state index contributed by atoms with van der Waals surface area (Å²) < 4.78 is 5.40. The van der Waals surface area contributed by atoms with Gasteiger partial charge in [0.15, 0.2) is 0 Å². The maximum absolute atomic E-state index is 5.40. The first-order valence-corrected chi connectivity index (χ1v) is 7.61. The van der Waals surface area contributed by atoms with Crippen LogP contribution in [0.4, 0.5) is 11.5 Å². The van der Waals surface area contributed by atoms with Gasteiger partial charge in [0.05, 0.1) is 30.9 Å². The minimum atomic E-state index is 0.647. The number of hydrogen-bond acceptors (Lipinski definition) is 6. The highest BCUT2D eigenvalue weighted by molar-refractivity contribution is 5.68. The molecule has 6 heteroatoms. The van der Waals surface area contributed by atoms with E-state index in [9.17, 15) is 0 Å². The molecule has 0 atom stereocenters. The molecule has 0 aliphatic rings. The molecule has 122 valence electrons. The summed E-state index contributed by atoms with van der Waals surface area (Å²) in [6.45, 7) is 0.647. The van der Waals surface area contributed by atoms with Crippen molar-refractivity contribution >= 4 is 11.5 Å². The van der Waals surface area contributed by atoms with Crippen LogP contribution >= 0.6 is 0 Å². The second-order valence-electron chi connectivity index (χ2n) is 5.17. The number of anilines is 2. The van der Waals surface area contributed by atoms with Gasteiger partial charge in [-0.3, -0.25) is 9.97 Å². The number of methoxy groups -OCH3 is 1. The number of aromatic nitrogens is 3. The van der Waals surface area contributed by atoms with Crippen molar-refractivity contribution in [2.75, 3.05) is 24.8 Å². The molecule has 0 saturated carbocycles. The van der Waals surface area contributed by atoms with Crippen LogP contribution in [0.25, 0.3) is 11.3 Å². The number of ether oxygens (including phenoxy) is 1. The van der Waals surface area contributed by atoms with Gasteiger partial charge in [0.2, 0.25) is 0 Å². The fraction of sp³-hybridized carbons (Fsp3) is 0.167. The van der Waals surface area contributed by atoms with Crippen LogP contribution in [-0.4, -0.2) is 29.1 Å². The molecule has 0 bridgehead atoms. The van der Waals surface area contributed by atoms with Gasteiger partial charge >= 0.3 is 0 Å². The molecule has 0 aliphatic heterocycles. The van der Waals surface area contributed by atoms with Crippen LogP contribution in [0.5, 0.6) is 5.75 Å². The summed E-state index contributed by atoms with van der Waals surface area (Å²) in [6, 6.07) is 9.82. The zero-order valence-corrected chi connectivity index (χ0v) is 13.7. The van der Waals surface area contributed by atoms with Crippen LogP contribution in [0.15, 0.2) is 55.1 Å². The Morgan fingerprint density at radius 3 is 2.75 bits per heavy atom. The fourth-order valence-corrected chi connectivity index (χ4v) is 2.34. The van der Waals surface area contributed by atoms with Gasteiger partial charge in [-0.1, -0.05) is 12.1 Å². The van der Waals surface area contributed by atoms with Crippen molar-refractivity contribution in [1.29, 1.82) is 0 Å². The van der Waals surface area contributed by atoms with Gasteiger partial charge in [-0.05, 0) is 23.8 Å². The Morgan fingerprint density at radius 1 is 1.08 bits per heavy atom. The molecule has 0 radical (unpaired) electrons. The fourth-order valence-electron chi connectivity index (χ4n) is 2.34. The molecule has 3 aromatic rings. The monoisotopic (exact) mass is 321 g/mol. The summed E-state index contributed by atoms with van der Waals surface area (Å²) in [4.78, 5) is 13.0. The molecule has 6 nitrogen and oxygen atoms in total. The van der Waals surface area contributed by atoms with E-state index in [1.165, 1.54) is 0 Å². The molecule has 1 aromatic carbocycles. The number of benzene rings is 1. The molecule has 2 N–H and O–H groups in total. The van der Waals surface area contributed by atoms with Crippen LogP contribution in [-0.2, 0) is 6.54 Å². The lowest BCUT2D eigenvalue weighted by atomic mass is 10.1. The number of nitrogens with one attached hydrogen (secondary N) is 2. The molecule has 3 rings (SSSR count). The molecule has 0 amide bonds. The Labute approximate surface area is 141 Å². The predicted molar refractivity (Wildman–Crippen MR) is 95.1 cm³/mol. The Morgan fingerprint density at radius 2 is 2.00 bits per heavy atom. The van der Waals surface area contributed by atoms with Gasteiger partial charge in [0.1, 0.15) is 11.6 Å². The molecule has 0 saturated heterocycles. The molecular formula is C18H19N5O. The molecular weight excluding hydrogens is 302 g/mol. The van der Waals surface area contributed by atoms with Gasteiger partial charge in [-0.2, -0.15) is 0 Å². The van der Waals surface area contributed by atoms with Crippen molar-refractivity contribution < 1.29 is 4.74 Å². The third kappa shape index (κ3) is 3.60. The first-order valence-electron chi connectivity index (χ1n) is 7.61. The average molecular weight is 321 g/mol. The van der Waals surface area contributed by atoms with Gasteiger partial charge in [-0.25, -0.2) is 4.98 Å². The predicted octanol–water partition coefficient (Wildman–Crippen LogP) is 3.20. The first-order chi connectivity index (χ1) is 11.8. The molecule has 2 heterocycles. The maximum Gasteiger partial charge on any atom is 0.145 e. The topological polar surface area (TPSA) is 72.0 Å². The van der Waals surface area contributed by atoms with Crippen LogP contribution in [0.3, 0.4) is 0 Å². The lowest BCUT2D eigenvalue weighted by Crippen LogP contribution is -2.03. The van der Waals surface area contributed by atoms with Gasteiger partial charge in [0.25, 0.3) is 0 Å². The first kappa shape index (κ1) is 15.7. The number of nitrogens with zero attached hydrogens (tertiary/aromatic N) is 3. The summed E-state index contributed by atoms with van der Waals surface area (Å²) in [6.07, 6.45) is 7.03. The minimum Gasteiger partial charge on any atom is -0.495 e. The second-order valence-corrected chi connectivity index (χ2v) is 5.17. The van der Waals surface area contributed by atoms with Gasteiger partial charge < -0.3 is 15.4 Å². The summed E-state index contributed by atoms with van der Waals surface area (Å²) in [5.74, 6) is 1.48. The van der Waals surface area contributed by atoms with E-state index in [0.717, 1.165) is 28.3 Å². The Hall–Kier alpha value is -3.15. The van der Waals surface area contributed by atoms with Crippen molar-refractivity contribution in [1.82, 2.24) is 15.0 Å². The highest BCUT2D eigenvalue weighted by Gasteiger charge is 2.07. The summed E-state index contributed by atoms with van der Waals surface area (Å²) in [7, 11) is 3.51. The zero-order chi connectivity index (χ0) is 16.8. The van der Waals surface area contributed by atoms with Crippen LogP contribution < -0.4 is 15.4 Å². The van der Waals surface area contributed by atoms with E-state index in [4.69, 9.17) is 4.74 Å². The summed E-state index contributed by atoms with van der Waals surface area (Å²) in [5, 5.41) is 6.36. The van der Waals surface area contributed by atoms with Crippen molar-refractivity contribution in [2.45, 2.75) is 6.54 Å². The Bertz CT molecular complexity index is 808. The third-order valence-electron chi connectivity index (χ3n) is 3.60. The van der Waals surface area contributed by atoms with Crippen LogP contribution in [0.2, 0.25) is 0 Å². The quantitative estimate of drug-likeness (QED) is 0.726. The molecule has 0 unspecified atom stereocenters. The standard InChI is InChI=1S/C18H19N5O/c1-19-15-6-5-14(8-17(15)24-2)16-11-21-12-18(23-16)22-10-13-4-3-7-20-9-13/h3-9,11-12,19H,10H2,1-2H3,(H,22,23). The number of rotatable bonds is 6. The Kier molecular flexibility index (Phi) is 4.86. The number of pyridine rings is 1. The lowest BCUT2D eigenvalue weighted by molar-refractivity contribution is 0.417. The van der Waals surface area contributed by atoms with E-state index >= 15 is 0 Å². The smallest absolute Gasteiger partial charge is 0.145 e. The molecule has 24 heavy (non-hydrogen) atoms. The second kappa shape index (κ2) is 7.41. The summed E-state index contributed by atoms with van der Waals surface area (Å²) in [5.41, 5.74) is 3.75. The van der Waals surface area contributed by atoms with E-state index in [1.807, 2.05) is 43.6 Å². The Balaban J connectivity index is 1.80.